The first-order valence-corrected chi connectivity index (χ1v) is 9.97. The maximum atomic E-state index is 12.3. The molecular formula is C20H25NO3S. The fourth-order valence-corrected chi connectivity index (χ4v) is 4.10. The first-order chi connectivity index (χ1) is 11.7. The number of carbonyl (C=O) groups is 1. The number of benzene rings is 2. The molecule has 134 valence electrons. The van der Waals surface area contributed by atoms with Crippen LogP contribution in [0.15, 0.2) is 41.3 Å². The summed E-state index contributed by atoms with van der Waals surface area (Å²) in [5.41, 5.74) is 5.53. The van der Waals surface area contributed by atoms with Crippen molar-refractivity contribution in [3.63, 3.8) is 0 Å². The van der Waals surface area contributed by atoms with Crippen molar-refractivity contribution < 1.29 is 13.2 Å². The van der Waals surface area contributed by atoms with Gasteiger partial charge in [-0.25, -0.2) is 8.42 Å². The lowest BCUT2D eigenvalue weighted by atomic mass is 10.00. The Hall–Kier alpha value is -2.14. The zero-order chi connectivity index (χ0) is 18.6. The molecule has 0 aliphatic carbocycles. The third kappa shape index (κ3) is 5.16. The molecule has 0 bridgehead atoms. The maximum absolute atomic E-state index is 12.3. The highest BCUT2D eigenvalue weighted by molar-refractivity contribution is 7.91. The second-order valence-electron chi connectivity index (χ2n) is 6.54. The van der Waals surface area contributed by atoms with Crippen molar-refractivity contribution in [3.05, 3.63) is 64.2 Å². The number of sulfone groups is 1. The lowest BCUT2D eigenvalue weighted by Gasteiger charge is -2.12. The average Bonchev–Trinajstić information content (AvgIpc) is 2.52. The van der Waals surface area contributed by atoms with E-state index in [2.05, 4.69) is 17.4 Å². The van der Waals surface area contributed by atoms with E-state index in [0.717, 1.165) is 22.3 Å². The molecule has 1 N–H and O–H groups in total. The first-order valence-electron chi connectivity index (χ1n) is 8.32. The van der Waals surface area contributed by atoms with Gasteiger partial charge in [-0.2, -0.15) is 0 Å². The Morgan fingerprint density at radius 2 is 1.48 bits per heavy atom. The van der Waals surface area contributed by atoms with Crippen molar-refractivity contribution in [3.8, 4) is 0 Å². The van der Waals surface area contributed by atoms with Crippen molar-refractivity contribution in [1.29, 1.82) is 0 Å². The number of hydrogen-bond acceptors (Lipinski definition) is 3. The summed E-state index contributed by atoms with van der Waals surface area (Å²) in [4.78, 5) is 12.3. The molecule has 0 spiro atoms. The number of hydrogen-bond donors (Lipinski definition) is 1. The number of aryl methyl sites for hydroxylation is 4. The summed E-state index contributed by atoms with van der Waals surface area (Å²) in [6.45, 7) is 8.39. The lowest BCUT2D eigenvalue weighted by molar-refractivity contribution is -0.120. The summed E-state index contributed by atoms with van der Waals surface area (Å²) in [5, 5.41) is 2.83. The van der Waals surface area contributed by atoms with Crippen molar-refractivity contribution in [2.75, 3.05) is 5.75 Å². The summed E-state index contributed by atoms with van der Waals surface area (Å²) in [7, 11) is -3.44. The fourth-order valence-electron chi connectivity index (χ4n) is 2.85. The molecule has 0 radical (unpaired) electrons. The standard InChI is InChI=1S/C20H25NO3S/c1-14-5-7-18(8-6-14)25(23,24)10-9-20(22)21-13-19-16(3)11-15(2)12-17(19)4/h5-8,11-12H,9-10,13H2,1-4H3,(H,21,22). The van der Waals surface area contributed by atoms with Gasteiger partial charge in [0.05, 0.1) is 10.6 Å². The molecule has 2 aromatic rings. The van der Waals surface area contributed by atoms with Crippen LogP contribution in [-0.2, 0) is 21.2 Å². The highest BCUT2D eigenvalue weighted by Gasteiger charge is 2.16. The van der Waals surface area contributed by atoms with Crippen LogP contribution in [0.5, 0.6) is 0 Å². The molecule has 0 unspecified atom stereocenters. The van der Waals surface area contributed by atoms with Gasteiger partial charge in [-0.15, -0.1) is 0 Å². The van der Waals surface area contributed by atoms with Gasteiger partial charge in [0.25, 0.3) is 0 Å². The summed E-state index contributed by atoms with van der Waals surface area (Å²) in [5.74, 6) is -0.441. The highest BCUT2D eigenvalue weighted by Crippen LogP contribution is 2.16. The van der Waals surface area contributed by atoms with Crippen LogP contribution in [-0.4, -0.2) is 20.1 Å². The smallest absolute Gasteiger partial charge is 0.221 e. The van der Waals surface area contributed by atoms with Crippen LogP contribution in [0.1, 0.15) is 34.2 Å². The molecule has 0 saturated heterocycles. The van der Waals surface area contributed by atoms with Gasteiger partial charge in [-0.3, -0.25) is 4.79 Å². The van der Waals surface area contributed by atoms with E-state index in [1.807, 2.05) is 27.7 Å². The summed E-state index contributed by atoms with van der Waals surface area (Å²) >= 11 is 0. The van der Waals surface area contributed by atoms with E-state index in [0.29, 0.717) is 6.54 Å². The SMILES string of the molecule is Cc1ccc(S(=O)(=O)CCC(=O)NCc2c(C)cc(C)cc2C)cc1. The summed E-state index contributed by atoms with van der Waals surface area (Å²) < 4.78 is 24.6. The monoisotopic (exact) mass is 359 g/mol. The predicted molar refractivity (Wildman–Crippen MR) is 100 cm³/mol. The maximum Gasteiger partial charge on any atom is 0.221 e. The minimum absolute atomic E-state index is 0.0415. The predicted octanol–water partition coefficient (Wildman–Crippen LogP) is 3.40. The molecule has 0 aromatic heterocycles. The summed E-state index contributed by atoms with van der Waals surface area (Å²) in [6, 6.07) is 10.8. The quantitative estimate of drug-likeness (QED) is 0.860. The van der Waals surface area contributed by atoms with Gasteiger partial charge < -0.3 is 5.32 Å². The Bertz CT molecular complexity index is 845. The van der Waals surface area contributed by atoms with Gasteiger partial charge in [0.15, 0.2) is 9.84 Å². The Labute approximate surface area is 150 Å². The van der Waals surface area contributed by atoms with Crippen LogP contribution >= 0.6 is 0 Å². The number of rotatable bonds is 6. The van der Waals surface area contributed by atoms with Gasteiger partial charge in [0.2, 0.25) is 5.91 Å². The van der Waals surface area contributed by atoms with E-state index in [1.165, 1.54) is 5.56 Å². The molecule has 0 atom stereocenters. The topological polar surface area (TPSA) is 63.2 Å². The Morgan fingerprint density at radius 3 is 2.04 bits per heavy atom. The minimum Gasteiger partial charge on any atom is -0.352 e. The summed E-state index contributed by atoms with van der Waals surface area (Å²) in [6.07, 6.45) is -0.0415. The van der Waals surface area contributed by atoms with Crippen molar-refractivity contribution in [2.45, 2.75) is 45.6 Å². The number of carbonyl (C=O) groups excluding carboxylic acids is 1. The van der Waals surface area contributed by atoms with E-state index in [-0.39, 0.29) is 23.0 Å². The number of nitrogens with one attached hydrogen (secondary N) is 1. The Kier molecular flexibility index (Phi) is 6.01. The zero-order valence-corrected chi connectivity index (χ0v) is 16.0. The zero-order valence-electron chi connectivity index (χ0n) is 15.2. The van der Waals surface area contributed by atoms with Crippen LogP contribution in [0, 0.1) is 27.7 Å². The lowest BCUT2D eigenvalue weighted by Crippen LogP contribution is -2.26. The van der Waals surface area contributed by atoms with Crippen LogP contribution < -0.4 is 5.32 Å². The number of amides is 1. The minimum atomic E-state index is -3.44. The molecule has 4 nitrogen and oxygen atoms in total. The third-order valence-corrected chi connectivity index (χ3v) is 6.01. The van der Waals surface area contributed by atoms with Gasteiger partial charge >= 0.3 is 0 Å². The third-order valence-electron chi connectivity index (χ3n) is 4.28. The van der Waals surface area contributed by atoms with Gasteiger partial charge in [0, 0.05) is 13.0 Å². The molecule has 0 aliphatic rings. The molecule has 25 heavy (non-hydrogen) atoms. The second-order valence-corrected chi connectivity index (χ2v) is 8.65. The van der Waals surface area contributed by atoms with E-state index in [9.17, 15) is 13.2 Å². The van der Waals surface area contributed by atoms with Crippen molar-refractivity contribution in [1.82, 2.24) is 5.32 Å². The molecule has 0 heterocycles. The molecule has 0 aliphatic heterocycles. The molecule has 0 fully saturated rings. The van der Waals surface area contributed by atoms with Crippen LogP contribution in [0.25, 0.3) is 0 Å². The largest absolute Gasteiger partial charge is 0.352 e. The fraction of sp³-hybridized carbons (Fsp3) is 0.350. The van der Waals surface area contributed by atoms with Gasteiger partial charge in [0.1, 0.15) is 0 Å². The second kappa shape index (κ2) is 7.83. The average molecular weight is 359 g/mol. The first kappa shape index (κ1) is 19.2. The molecule has 0 saturated carbocycles. The van der Waals surface area contributed by atoms with Crippen LogP contribution in [0.2, 0.25) is 0 Å². The highest BCUT2D eigenvalue weighted by atomic mass is 32.2. The molecule has 1 amide bonds. The molecular weight excluding hydrogens is 334 g/mol. The van der Waals surface area contributed by atoms with Gasteiger partial charge in [-0.1, -0.05) is 35.4 Å². The van der Waals surface area contributed by atoms with E-state index >= 15 is 0 Å². The molecule has 2 aromatic carbocycles. The van der Waals surface area contributed by atoms with E-state index in [4.69, 9.17) is 0 Å². The Balaban J connectivity index is 1.94. The van der Waals surface area contributed by atoms with Crippen LogP contribution in [0.3, 0.4) is 0 Å². The Morgan fingerprint density at radius 1 is 0.920 bits per heavy atom. The van der Waals surface area contributed by atoms with Crippen molar-refractivity contribution >= 4 is 15.7 Å². The van der Waals surface area contributed by atoms with Gasteiger partial charge in [-0.05, 0) is 56.5 Å². The molecule has 2 rings (SSSR count). The van der Waals surface area contributed by atoms with E-state index < -0.39 is 9.84 Å². The molecule has 5 heteroatoms. The van der Waals surface area contributed by atoms with E-state index in [1.54, 1.807) is 24.3 Å². The normalized spacial score (nSPS) is 11.4. The van der Waals surface area contributed by atoms with Crippen molar-refractivity contribution in [2.24, 2.45) is 0 Å². The van der Waals surface area contributed by atoms with Crippen LogP contribution in [0.4, 0.5) is 0 Å².